The van der Waals surface area contributed by atoms with E-state index in [2.05, 4.69) is 16.4 Å². The number of H-pyrrole nitrogens is 1. The van der Waals surface area contributed by atoms with Gasteiger partial charge in [-0.3, -0.25) is 0 Å². The van der Waals surface area contributed by atoms with Crippen LogP contribution in [0.3, 0.4) is 0 Å². The molecule has 5 rings (SSSR count). The van der Waals surface area contributed by atoms with Gasteiger partial charge in [-0.25, -0.2) is 14.4 Å². The number of nitrogens with one attached hydrogen (secondary N) is 2. The minimum atomic E-state index is -0.248. The molecule has 0 radical (unpaired) electrons. The van der Waals surface area contributed by atoms with Crippen molar-refractivity contribution in [3.05, 3.63) is 83.9 Å². The first-order valence-electron chi connectivity index (χ1n) is 9.99. The molecule has 0 fully saturated rings. The maximum atomic E-state index is 13.0. The van der Waals surface area contributed by atoms with Crippen LogP contribution in [0.5, 0.6) is 5.75 Å². The third-order valence-electron chi connectivity index (χ3n) is 5.22. The number of hydrogen-bond donors (Lipinski definition) is 2. The molecule has 30 heavy (non-hydrogen) atoms. The second-order valence-electron chi connectivity index (χ2n) is 7.26. The average Bonchev–Trinajstić information content (AvgIpc) is 3.28. The molecular weight excluding hydrogens is 379 g/mol. The first-order valence-corrected chi connectivity index (χ1v) is 9.99. The summed E-state index contributed by atoms with van der Waals surface area (Å²) in [6.45, 7) is 2.20. The Labute approximate surface area is 173 Å². The maximum absolute atomic E-state index is 13.0. The standard InChI is InChI=1S/C24H21FN4O/c25-19-5-1-16(2-6-19)15-30-20-7-3-18(4-8-20)23-28-22(17-9-12-26-13-10-17)21-11-14-27-24(21)29-23/h1-9,11,14,26H,10,12-13,15H2,(H,27,28,29). The van der Waals surface area contributed by atoms with Crippen LogP contribution in [0.4, 0.5) is 4.39 Å². The molecule has 2 aromatic heterocycles. The van der Waals surface area contributed by atoms with E-state index < -0.39 is 0 Å². The van der Waals surface area contributed by atoms with Crippen molar-refractivity contribution in [1.82, 2.24) is 20.3 Å². The zero-order valence-electron chi connectivity index (χ0n) is 16.4. The predicted molar refractivity (Wildman–Crippen MR) is 116 cm³/mol. The molecular formula is C24H21FN4O. The predicted octanol–water partition coefficient (Wildman–Crippen LogP) is 4.72. The SMILES string of the molecule is Fc1ccc(COc2ccc(-c3nc(C4=CCNCC4)c4cc[nH]c4n3)cc2)cc1. The molecule has 1 aliphatic heterocycles. The summed E-state index contributed by atoms with van der Waals surface area (Å²) in [5, 5.41) is 4.39. The molecule has 5 nitrogen and oxygen atoms in total. The lowest BCUT2D eigenvalue weighted by molar-refractivity contribution is 0.306. The smallest absolute Gasteiger partial charge is 0.162 e. The number of ether oxygens (including phenoxy) is 1. The summed E-state index contributed by atoms with van der Waals surface area (Å²) in [6.07, 6.45) is 5.06. The first kappa shape index (κ1) is 18.5. The largest absolute Gasteiger partial charge is 0.489 e. The van der Waals surface area contributed by atoms with Crippen molar-refractivity contribution in [2.75, 3.05) is 13.1 Å². The Hall–Kier alpha value is -3.51. The highest BCUT2D eigenvalue weighted by atomic mass is 19.1. The summed E-state index contributed by atoms with van der Waals surface area (Å²) in [4.78, 5) is 12.8. The summed E-state index contributed by atoms with van der Waals surface area (Å²) in [6, 6.07) is 16.1. The Balaban J connectivity index is 1.40. The van der Waals surface area contributed by atoms with Crippen LogP contribution in [-0.2, 0) is 6.61 Å². The van der Waals surface area contributed by atoms with Crippen LogP contribution in [0.1, 0.15) is 17.7 Å². The number of rotatable bonds is 5. The minimum absolute atomic E-state index is 0.248. The van der Waals surface area contributed by atoms with E-state index in [1.54, 1.807) is 12.1 Å². The Morgan fingerprint density at radius 1 is 0.967 bits per heavy atom. The van der Waals surface area contributed by atoms with Crippen LogP contribution in [0.15, 0.2) is 66.9 Å². The van der Waals surface area contributed by atoms with Gasteiger partial charge >= 0.3 is 0 Å². The molecule has 0 saturated carbocycles. The molecule has 150 valence electrons. The molecule has 4 aromatic rings. The average molecular weight is 400 g/mol. The Morgan fingerprint density at radius 3 is 2.57 bits per heavy atom. The second-order valence-corrected chi connectivity index (χ2v) is 7.26. The molecule has 0 saturated heterocycles. The van der Waals surface area contributed by atoms with Crippen LogP contribution < -0.4 is 10.1 Å². The molecule has 0 unspecified atom stereocenters. The monoisotopic (exact) mass is 400 g/mol. The highest BCUT2D eigenvalue weighted by Gasteiger charge is 2.15. The fourth-order valence-corrected chi connectivity index (χ4v) is 3.60. The van der Waals surface area contributed by atoms with Gasteiger partial charge in [0.05, 0.1) is 5.69 Å². The molecule has 2 N–H and O–H groups in total. The first-order chi connectivity index (χ1) is 14.8. The van der Waals surface area contributed by atoms with Crippen molar-refractivity contribution in [3.8, 4) is 17.1 Å². The summed E-state index contributed by atoms with van der Waals surface area (Å²) in [7, 11) is 0. The fraction of sp³-hybridized carbons (Fsp3) is 0.167. The molecule has 2 aromatic carbocycles. The van der Waals surface area contributed by atoms with Crippen LogP contribution in [0.2, 0.25) is 0 Å². The minimum Gasteiger partial charge on any atom is -0.489 e. The Morgan fingerprint density at radius 2 is 1.80 bits per heavy atom. The fourth-order valence-electron chi connectivity index (χ4n) is 3.60. The van der Waals surface area contributed by atoms with Gasteiger partial charge in [0.2, 0.25) is 0 Å². The normalized spacial score (nSPS) is 14.0. The van der Waals surface area contributed by atoms with Gasteiger partial charge in [-0.05, 0) is 66.6 Å². The molecule has 1 aliphatic rings. The van der Waals surface area contributed by atoms with Gasteiger partial charge in [-0.2, -0.15) is 0 Å². The number of aromatic nitrogens is 3. The van der Waals surface area contributed by atoms with Crippen molar-refractivity contribution in [3.63, 3.8) is 0 Å². The van der Waals surface area contributed by atoms with Gasteiger partial charge in [0, 0.05) is 23.7 Å². The molecule has 0 aliphatic carbocycles. The number of benzene rings is 2. The van der Waals surface area contributed by atoms with Crippen LogP contribution in [0.25, 0.3) is 28.0 Å². The number of nitrogens with zero attached hydrogens (tertiary/aromatic N) is 2. The van der Waals surface area contributed by atoms with Gasteiger partial charge in [0.25, 0.3) is 0 Å². The van der Waals surface area contributed by atoms with Crippen molar-refractivity contribution in [1.29, 1.82) is 0 Å². The van der Waals surface area contributed by atoms with Gasteiger partial charge < -0.3 is 15.0 Å². The van der Waals surface area contributed by atoms with Crippen molar-refractivity contribution < 1.29 is 9.13 Å². The summed E-state index contributed by atoms with van der Waals surface area (Å²) >= 11 is 0. The zero-order chi connectivity index (χ0) is 20.3. The number of hydrogen-bond acceptors (Lipinski definition) is 4. The molecule has 6 heteroatoms. The number of halogens is 1. The van der Waals surface area contributed by atoms with Crippen molar-refractivity contribution in [2.45, 2.75) is 13.0 Å². The Kier molecular flexibility index (Phi) is 4.99. The lowest BCUT2D eigenvalue weighted by Gasteiger charge is -2.15. The lowest BCUT2D eigenvalue weighted by atomic mass is 10.0. The van der Waals surface area contributed by atoms with E-state index in [1.807, 2.05) is 36.5 Å². The van der Waals surface area contributed by atoms with Gasteiger partial charge in [0.15, 0.2) is 5.82 Å². The van der Waals surface area contributed by atoms with Gasteiger partial charge in [0.1, 0.15) is 23.8 Å². The molecule has 0 amide bonds. The van der Waals surface area contributed by atoms with Gasteiger partial charge in [-0.15, -0.1) is 0 Å². The van der Waals surface area contributed by atoms with E-state index in [1.165, 1.54) is 17.7 Å². The molecule has 0 bridgehead atoms. The van der Waals surface area contributed by atoms with Gasteiger partial charge in [-0.1, -0.05) is 18.2 Å². The van der Waals surface area contributed by atoms with Crippen LogP contribution >= 0.6 is 0 Å². The second kappa shape index (κ2) is 8.08. The van der Waals surface area contributed by atoms with E-state index in [0.29, 0.717) is 12.4 Å². The Bertz CT molecular complexity index is 1200. The van der Waals surface area contributed by atoms with E-state index in [0.717, 1.165) is 53.1 Å². The third-order valence-corrected chi connectivity index (χ3v) is 5.22. The van der Waals surface area contributed by atoms with Crippen LogP contribution in [0, 0.1) is 5.82 Å². The summed E-state index contributed by atoms with van der Waals surface area (Å²) in [5.41, 5.74) is 4.93. The zero-order valence-corrected chi connectivity index (χ0v) is 16.4. The van der Waals surface area contributed by atoms with Crippen molar-refractivity contribution in [2.24, 2.45) is 0 Å². The van der Waals surface area contributed by atoms with E-state index in [4.69, 9.17) is 14.7 Å². The van der Waals surface area contributed by atoms with Crippen LogP contribution in [-0.4, -0.2) is 28.0 Å². The van der Waals surface area contributed by atoms with E-state index in [9.17, 15) is 4.39 Å². The van der Waals surface area contributed by atoms with E-state index in [-0.39, 0.29) is 5.82 Å². The highest BCUT2D eigenvalue weighted by Crippen LogP contribution is 2.29. The van der Waals surface area contributed by atoms with Crippen molar-refractivity contribution >= 4 is 16.6 Å². The lowest BCUT2D eigenvalue weighted by Crippen LogP contribution is -2.20. The summed E-state index contributed by atoms with van der Waals surface area (Å²) in [5.74, 6) is 1.18. The number of aromatic amines is 1. The highest BCUT2D eigenvalue weighted by molar-refractivity contribution is 5.89. The molecule has 3 heterocycles. The topological polar surface area (TPSA) is 62.8 Å². The maximum Gasteiger partial charge on any atom is 0.162 e. The molecule has 0 atom stereocenters. The quantitative estimate of drug-likeness (QED) is 0.509. The number of fused-ring (bicyclic) bond motifs is 1. The third kappa shape index (κ3) is 3.82. The molecule has 0 spiro atoms. The van der Waals surface area contributed by atoms with E-state index >= 15 is 0 Å². The summed E-state index contributed by atoms with van der Waals surface area (Å²) < 4.78 is 18.8.